The second-order valence-electron chi connectivity index (χ2n) is 26.1. The molecule has 0 amide bonds. The molecule has 14 atom stereocenters. The summed E-state index contributed by atoms with van der Waals surface area (Å²) in [6.07, 6.45) is 33.1. The summed E-state index contributed by atoms with van der Waals surface area (Å²) >= 11 is 0. The van der Waals surface area contributed by atoms with Gasteiger partial charge >= 0.3 is 5.97 Å². The van der Waals surface area contributed by atoms with E-state index in [0.717, 1.165) is 83.1 Å². The molecule has 5 N–H and O–H groups in total. The summed E-state index contributed by atoms with van der Waals surface area (Å²) in [5.41, 5.74) is 9.56. The fourth-order valence-corrected chi connectivity index (χ4v) is 20.7. The molecule has 2 aromatic rings. The topological polar surface area (TPSA) is 102 Å². The van der Waals surface area contributed by atoms with Crippen molar-refractivity contribution in [2.75, 3.05) is 13.1 Å². The average molecular weight is 975 g/mol. The summed E-state index contributed by atoms with van der Waals surface area (Å²) in [5, 5.41) is 47.6. The summed E-state index contributed by atoms with van der Waals surface area (Å²) in [5.74, 6) is 8.66. The zero-order valence-electron chi connectivity index (χ0n) is 43.4. The Morgan fingerprint density at radius 1 is 0.890 bits per heavy atom. The molecule has 6 nitrogen and oxygen atoms in total. The summed E-state index contributed by atoms with van der Waals surface area (Å²) in [7, 11) is 0. The van der Waals surface area contributed by atoms with Gasteiger partial charge in [-0.15, -0.1) is 11.8 Å². The standard InChI is InChI=1S/C67H78N2O4/c1-41-23-25-51(61(72)73)60-56(70)39-66-31-11-19-47(63(60,66)2)36-54-55(66)38-64-28-13-30-65-29-9-8-21-49(59-50-20-7-6-16-45(50)35-53(52(59)37-64)67(54,62(64)65)32-27-57(65)71)44-18-10-17-43(34-44)46-24-26-58(69-40-46)68-33-12-22-48(41)42-14-4-3-5-15-42/h6-7,10,13,16-18,20,24,26,28,34-35,37,42,47-49,51,53,56-57,60,62,68-71H,1,3-5,11-12,14-15,19,21-23,25,27,29-33,36,38-40H2,2H3,(H,72,73). The molecular weight excluding hydrogens is 897 g/mol. The van der Waals surface area contributed by atoms with Crippen LogP contribution in [0.4, 0.5) is 0 Å². The normalized spacial score (nSPS) is 42.2. The third-order valence-corrected chi connectivity index (χ3v) is 23.5. The first-order valence-electron chi connectivity index (χ1n) is 29.2. The van der Waals surface area contributed by atoms with Gasteiger partial charge in [0.25, 0.3) is 0 Å². The number of benzene rings is 2. The van der Waals surface area contributed by atoms with Crippen LogP contribution in [-0.4, -0.2) is 46.6 Å². The van der Waals surface area contributed by atoms with E-state index in [0.29, 0.717) is 43.9 Å². The minimum absolute atomic E-state index is 0.0436. The Labute approximate surface area is 434 Å². The third-order valence-electron chi connectivity index (χ3n) is 23.5. The molecule has 0 saturated heterocycles. The molecule has 0 aromatic heterocycles. The van der Waals surface area contributed by atoms with E-state index < -0.39 is 29.5 Å². The van der Waals surface area contributed by atoms with Gasteiger partial charge in [-0.05, 0) is 163 Å². The van der Waals surface area contributed by atoms with Crippen molar-refractivity contribution < 1.29 is 20.1 Å². The maximum atomic E-state index is 14.1. The highest BCUT2D eigenvalue weighted by atomic mass is 16.4. The first-order valence-corrected chi connectivity index (χ1v) is 29.2. The van der Waals surface area contributed by atoms with Gasteiger partial charge in [0.05, 0.1) is 23.9 Å². The van der Waals surface area contributed by atoms with Gasteiger partial charge in [0.1, 0.15) is 0 Å². The molecule has 18 bridgehead atoms. The predicted octanol–water partition coefficient (Wildman–Crippen LogP) is 11.2. The molecule has 6 aliphatic heterocycles. The highest BCUT2D eigenvalue weighted by Gasteiger charge is 2.77. The maximum Gasteiger partial charge on any atom is 0.306 e. The van der Waals surface area contributed by atoms with Crippen LogP contribution in [0.15, 0.2) is 114 Å². The molecule has 2 spiro atoms. The van der Waals surface area contributed by atoms with Crippen LogP contribution in [0.2, 0.25) is 0 Å². The van der Waals surface area contributed by atoms with E-state index in [-0.39, 0.29) is 51.2 Å². The van der Waals surface area contributed by atoms with Crippen LogP contribution in [0.5, 0.6) is 0 Å². The van der Waals surface area contributed by atoms with E-state index in [2.05, 4.69) is 114 Å². The molecule has 4 saturated carbocycles. The molecule has 14 unspecified atom stereocenters. The van der Waals surface area contributed by atoms with Crippen molar-refractivity contribution in [2.45, 2.75) is 153 Å². The lowest BCUT2D eigenvalue weighted by Gasteiger charge is -2.74. The number of aliphatic hydroxyl groups is 2. The number of dihydropyridines is 1. The summed E-state index contributed by atoms with van der Waals surface area (Å²) in [6, 6.07) is 18.6. The van der Waals surface area contributed by atoms with Crippen LogP contribution in [0.25, 0.3) is 17.2 Å². The van der Waals surface area contributed by atoms with Gasteiger partial charge in [-0.25, -0.2) is 0 Å². The first kappa shape index (κ1) is 46.7. The van der Waals surface area contributed by atoms with Crippen molar-refractivity contribution in [1.82, 2.24) is 10.6 Å². The summed E-state index contributed by atoms with van der Waals surface area (Å²) < 4.78 is 0. The Hall–Kier alpha value is -4.83. The number of hydrogen-bond acceptors (Lipinski definition) is 5. The van der Waals surface area contributed by atoms with Crippen molar-refractivity contribution in [3.8, 4) is 11.8 Å². The molecule has 380 valence electrons. The van der Waals surface area contributed by atoms with E-state index in [9.17, 15) is 20.1 Å². The molecule has 4 fully saturated rings. The Morgan fingerprint density at radius 3 is 2.62 bits per heavy atom. The number of fused-ring (bicyclic) bond motifs is 1. The zero-order valence-corrected chi connectivity index (χ0v) is 43.4. The van der Waals surface area contributed by atoms with Gasteiger partial charge in [-0.3, -0.25) is 4.79 Å². The number of nitrogens with one attached hydrogen (secondary N) is 2. The van der Waals surface area contributed by atoms with Crippen molar-refractivity contribution in [3.63, 3.8) is 0 Å². The summed E-state index contributed by atoms with van der Waals surface area (Å²) in [4.78, 5) is 14.1. The predicted molar refractivity (Wildman–Crippen MR) is 290 cm³/mol. The van der Waals surface area contributed by atoms with Crippen LogP contribution >= 0.6 is 0 Å². The van der Waals surface area contributed by atoms with Gasteiger partial charge in [-0.1, -0.05) is 135 Å². The number of rotatable bonds is 2. The third kappa shape index (κ3) is 6.52. The molecule has 0 radical (unpaired) electrons. The smallest absolute Gasteiger partial charge is 0.306 e. The van der Waals surface area contributed by atoms with Crippen LogP contribution in [0.3, 0.4) is 0 Å². The van der Waals surface area contributed by atoms with Crippen LogP contribution < -0.4 is 21.1 Å². The second-order valence-corrected chi connectivity index (χ2v) is 26.1. The molecule has 16 aliphatic rings. The molecule has 6 heteroatoms. The SMILES string of the molecule is C=C1CCC(C(=O)O)C2C(O)CC34CCCC(CC5=C3CC36C=CCC78CC#CCC(C9=c%10ccccc%10=CC(C9=C3)C5(CCC7O)C68)c3cccc(c3)C3=CC=C(NCCCC1C1CCCCC1)NC3)C24C. The van der Waals surface area contributed by atoms with Crippen molar-refractivity contribution in [1.29, 1.82) is 0 Å². The molecular formula is C67H78N2O4. The molecule has 18 rings (SSSR count). The van der Waals surface area contributed by atoms with E-state index >= 15 is 0 Å². The van der Waals surface area contributed by atoms with Crippen molar-refractivity contribution in [2.24, 2.45) is 68.5 Å². The number of carbonyl (C=O) groups is 1. The highest BCUT2D eigenvalue weighted by Crippen LogP contribution is 2.83. The number of carboxylic acid groups (broad SMARTS) is 1. The lowest BCUT2D eigenvalue weighted by atomic mass is 9.29. The Bertz CT molecular complexity index is 3040. The van der Waals surface area contributed by atoms with Gasteiger partial charge < -0.3 is 26.0 Å². The zero-order chi connectivity index (χ0) is 49.5. The minimum Gasteiger partial charge on any atom is -0.481 e. The average Bonchev–Trinajstić information content (AvgIpc) is 3.68. The van der Waals surface area contributed by atoms with Crippen molar-refractivity contribution in [3.05, 3.63) is 135 Å². The van der Waals surface area contributed by atoms with E-state index in [1.165, 1.54) is 76.0 Å². The second kappa shape index (κ2) is 17.1. The lowest BCUT2D eigenvalue weighted by molar-refractivity contribution is -0.174. The quantitative estimate of drug-likeness (QED) is 0.152. The van der Waals surface area contributed by atoms with E-state index in [4.69, 9.17) is 6.58 Å². The molecule has 2 aromatic carbocycles. The molecule has 73 heavy (non-hydrogen) atoms. The largest absolute Gasteiger partial charge is 0.481 e. The van der Waals surface area contributed by atoms with Crippen LogP contribution in [0.1, 0.15) is 152 Å². The highest BCUT2D eigenvalue weighted by molar-refractivity contribution is 5.80. The fourth-order valence-electron chi connectivity index (χ4n) is 20.7. The number of aliphatic carboxylic acids is 1. The van der Waals surface area contributed by atoms with Crippen LogP contribution in [0, 0.1) is 80.3 Å². The molecule has 6 heterocycles. The van der Waals surface area contributed by atoms with Gasteiger partial charge in [-0.2, -0.15) is 0 Å². The monoisotopic (exact) mass is 975 g/mol. The number of aliphatic hydroxyl groups excluding tert-OH is 2. The number of carboxylic acids is 1. The fraction of sp³-hybridized carbons (Fsp3) is 0.567. The minimum atomic E-state index is -0.734. The molecule has 10 aliphatic carbocycles. The first-order chi connectivity index (χ1) is 35.5. The van der Waals surface area contributed by atoms with Gasteiger partial charge in [0.2, 0.25) is 0 Å². The lowest BCUT2D eigenvalue weighted by Crippen LogP contribution is -2.69. The maximum absolute atomic E-state index is 14.1. The van der Waals surface area contributed by atoms with E-state index in [1.807, 2.05) is 0 Å². The van der Waals surface area contributed by atoms with E-state index in [1.54, 1.807) is 11.1 Å². The van der Waals surface area contributed by atoms with Gasteiger partial charge in [0.15, 0.2) is 0 Å². The van der Waals surface area contributed by atoms with Crippen molar-refractivity contribution >= 4 is 23.2 Å². The Balaban J connectivity index is 0.993. The Kier molecular flexibility index (Phi) is 10.9. The number of hydrogen-bond donors (Lipinski definition) is 5. The van der Waals surface area contributed by atoms with Crippen LogP contribution in [-0.2, 0) is 4.79 Å². The summed E-state index contributed by atoms with van der Waals surface area (Å²) in [6.45, 7) is 8.96. The van der Waals surface area contributed by atoms with Gasteiger partial charge in [0, 0.05) is 65.3 Å². The number of allylic oxidation sites excluding steroid dienone is 9. The Morgan fingerprint density at radius 2 is 1.77 bits per heavy atom.